The average Bonchev–Trinajstić information content (AvgIpc) is 2.50. The van der Waals surface area contributed by atoms with Crippen molar-refractivity contribution in [1.29, 1.82) is 0 Å². The molecule has 1 aromatic carbocycles. The van der Waals surface area contributed by atoms with Crippen LogP contribution >= 0.6 is 0 Å². The molecule has 1 heterocycles. The Morgan fingerprint density at radius 1 is 1.24 bits per heavy atom. The third-order valence-electron chi connectivity index (χ3n) is 3.02. The lowest BCUT2D eigenvalue weighted by Crippen LogP contribution is -2.07. The predicted molar refractivity (Wildman–Crippen MR) is 76.6 cm³/mol. The third-order valence-corrected chi connectivity index (χ3v) is 3.02. The number of aromatic nitrogens is 2. The molecular weight excluding hydrogens is 273 g/mol. The minimum atomic E-state index is -0.529. The van der Waals surface area contributed by atoms with Crippen molar-refractivity contribution in [1.82, 2.24) is 9.97 Å². The van der Waals surface area contributed by atoms with Crippen molar-refractivity contribution >= 4 is 11.8 Å². The molecule has 5 nitrogen and oxygen atoms in total. The number of ether oxygens (including phenoxy) is 1. The second-order valence-electron chi connectivity index (χ2n) is 4.68. The first kappa shape index (κ1) is 14.9. The van der Waals surface area contributed by atoms with Crippen molar-refractivity contribution in [2.75, 3.05) is 12.4 Å². The lowest BCUT2D eigenvalue weighted by molar-refractivity contribution is 0.0593. The van der Waals surface area contributed by atoms with Crippen LogP contribution in [0.3, 0.4) is 0 Å². The van der Waals surface area contributed by atoms with Gasteiger partial charge in [-0.25, -0.2) is 19.2 Å². The Balaban J connectivity index is 2.05. The molecule has 0 saturated heterocycles. The SMILES string of the molecule is COC(=O)c1cnc(NCc2cc(C)c(F)c(C)c2)cn1. The van der Waals surface area contributed by atoms with Crippen LogP contribution in [0.4, 0.5) is 10.2 Å². The van der Waals surface area contributed by atoms with Crippen LogP contribution < -0.4 is 5.32 Å². The zero-order valence-electron chi connectivity index (χ0n) is 12.1. The fourth-order valence-corrected chi connectivity index (χ4v) is 1.96. The highest BCUT2D eigenvalue weighted by atomic mass is 19.1. The van der Waals surface area contributed by atoms with Crippen LogP contribution in [0.15, 0.2) is 24.5 Å². The van der Waals surface area contributed by atoms with Gasteiger partial charge in [0.25, 0.3) is 0 Å². The van der Waals surface area contributed by atoms with Crippen molar-refractivity contribution in [2.45, 2.75) is 20.4 Å². The van der Waals surface area contributed by atoms with Gasteiger partial charge in [-0.3, -0.25) is 0 Å². The topological polar surface area (TPSA) is 64.1 Å². The highest BCUT2D eigenvalue weighted by Crippen LogP contribution is 2.15. The summed E-state index contributed by atoms with van der Waals surface area (Å²) in [5, 5.41) is 3.07. The molecule has 1 N–H and O–H groups in total. The van der Waals surface area contributed by atoms with Gasteiger partial charge in [-0.1, -0.05) is 12.1 Å². The van der Waals surface area contributed by atoms with Crippen LogP contribution in [0.5, 0.6) is 0 Å². The minimum absolute atomic E-state index is 0.150. The molecular formula is C15H16FN3O2. The van der Waals surface area contributed by atoms with Gasteiger partial charge < -0.3 is 10.1 Å². The fourth-order valence-electron chi connectivity index (χ4n) is 1.96. The smallest absolute Gasteiger partial charge is 0.358 e. The number of carbonyl (C=O) groups is 1. The summed E-state index contributed by atoms with van der Waals surface area (Å²) in [6.45, 7) is 3.96. The van der Waals surface area contributed by atoms with Gasteiger partial charge in [0, 0.05) is 6.54 Å². The van der Waals surface area contributed by atoms with E-state index in [2.05, 4.69) is 20.0 Å². The number of anilines is 1. The van der Waals surface area contributed by atoms with Gasteiger partial charge in [0.1, 0.15) is 11.6 Å². The number of aryl methyl sites for hydroxylation is 2. The van der Waals surface area contributed by atoms with Gasteiger partial charge in [-0.05, 0) is 30.5 Å². The van der Waals surface area contributed by atoms with Gasteiger partial charge in [-0.2, -0.15) is 0 Å². The summed E-state index contributed by atoms with van der Waals surface area (Å²) >= 11 is 0. The van der Waals surface area contributed by atoms with E-state index in [9.17, 15) is 9.18 Å². The first-order valence-electron chi connectivity index (χ1n) is 6.41. The van der Waals surface area contributed by atoms with Gasteiger partial charge in [0.2, 0.25) is 0 Å². The monoisotopic (exact) mass is 289 g/mol. The molecule has 0 unspecified atom stereocenters. The first-order chi connectivity index (χ1) is 10.0. The van der Waals surface area contributed by atoms with E-state index in [1.807, 2.05) is 0 Å². The summed E-state index contributed by atoms with van der Waals surface area (Å²) in [4.78, 5) is 19.3. The third kappa shape index (κ3) is 3.53. The maximum atomic E-state index is 13.5. The maximum absolute atomic E-state index is 13.5. The molecule has 0 radical (unpaired) electrons. The number of nitrogens with one attached hydrogen (secondary N) is 1. The zero-order valence-corrected chi connectivity index (χ0v) is 12.1. The molecule has 0 aliphatic heterocycles. The predicted octanol–water partition coefficient (Wildman–Crippen LogP) is 2.63. The second kappa shape index (κ2) is 6.30. The molecule has 0 saturated carbocycles. The molecule has 2 rings (SSSR count). The minimum Gasteiger partial charge on any atom is -0.464 e. The van der Waals surface area contributed by atoms with Crippen LogP contribution in [0.1, 0.15) is 27.2 Å². The quantitative estimate of drug-likeness (QED) is 0.877. The van der Waals surface area contributed by atoms with E-state index in [-0.39, 0.29) is 11.5 Å². The number of hydrogen-bond donors (Lipinski definition) is 1. The lowest BCUT2D eigenvalue weighted by atomic mass is 10.1. The van der Waals surface area contributed by atoms with Crippen LogP contribution in [-0.2, 0) is 11.3 Å². The average molecular weight is 289 g/mol. The Bertz CT molecular complexity index is 633. The van der Waals surface area contributed by atoms with Crippen molar-refractivity contribution in [3.05, 3.63) is 52.7 Å². The molecule has 0 aliphatic carbocycles. The van der Waals surface area contributed by atoms with Crippen LogP contribution in [0, 0.1) is 19.7 Å². The summed E-state index contributed by atoms with van der Waals surface area (Å²) in [5.41, 5.74) is 2.32. The number of hydrogen-bond acceptors (Lipinski definition) is 5. The number of methoxy groups -OCH3 is 1. The Labute approximate surface area is 122 Å². The highest BCUT2D eigenvalue weighted by molar-refractivity contribution is 5.86. The number of esters is 1. The van der Waals surface area contributed by atoms with Crippen LogP contribution in [0.2, 0.25) is 0 Å². The Morgan fingerprint density at radius 2 is 1.90 bits per heavy atom. The van der Waals surface area contributed by atoms with E-state index in [0.717, 1.165) is 5.56 Å². The molecule has 0 amide bonds. The lowest BCUT2D eigenvalue weighted by Gasteiger charge is -2.09. The standard InChI is InChI=1S/C15H16FN3O2/c1-9-4-11(5-10(2)14(9)16)6-18-13-8-17-12(7-19-13)15(20)21-3/h4-5,7-8H,6H2,1-3H3,(H,18,19). The summed E-state index contributed by atoms with van der Waals surface area (Å²) in [6, 6.07) is 3.57. The van der Waals surface area contributed by atoms with Gasteiger partial charge in [0.05, 0.1) is 19.5 Å². The van der Waals surface area contributed by atoms with Crippen molar-refractivity contribution in [2.24, 2.45) is 0 Å². The molecule has 1 aromatic heterocycles. The zero-order chi connectivity index (χ0) is 15.4. The number of halogens is 1. The van der Waals surface area contributed by atoms with E-state index >= 15 is 0 Å². The fraction of sp³-hybridized carbons (Fsp3) is 0.267. The van der Waals surface area contributed by atoms with Crippen molar-refractivity contribution in [3.8, 4) is 0 Å². The number of carbonyl (C=O) groups excluding carboxylic acids is 1. The van der Waals surface area contributed by atoms with E-state index in [4.69, 9.17) is 0 Å². The molecule has 0 fully saturated rings. The van der Waals surface area contributed by atoms with Crippen molar-refractivity contribution < 1.29 is 13.9 Å². The van der Waals surface area contributed by atoms with E-state index < -0.39 is 5.97 Å². The van der Waals surface area contributed by atoms with Crippen molar-refractivity contribution in [3.63, 3.8) is 0 Å². The number of nitrogens with zero attached hydrogens (tertiary/aromatic N) is 2. The molecule has 6 heteroatoms. The van der Waals surface area contributed by atoms with Crippen LogP contribution in [0.25, 0.3) is 0 Å². The largest absolute Gasteiger partial charge is 0.464 e. The Kier molecular flexibility index (Phi) is 4.47. The van der Waals surface area contributed by atoms with E-state index in [0.29, 0.717) is 23.5 Å². The number of rotatable bonds is 4. The normalized spacial score (nSPS) is 10.3. The molecule has 0 bridgehead atoms. The maximum Gasteiger partial charge on any atom is 0.358 e. The molecule has 21 heavy (non-hydrogen) atoms. The Morgan fingerprint density at radius 3 is 2.43 bits per heavy atom. The van der Waals surface area contributed by atoms with Gasteiger partial charge in [-0.15, -0.1) is 0 Å². The van der Waals surface area contributed by atoms with E-state index in [1.54, 1.807) is 26.0 Å². The molecule has 110 valence electrons. The number of benzene rings is 1. The van der Waals surface area contributed by atoms with E-state index in [1.165, 1.54) is 19.5 Å². The molecule has 0 aliphatic rings. The molecule has 2 aromatic rings. The summed E-state index contributed by atoms with van der Waals surface area (Å²) in [5.74, 6) is -0.179. The second-order valence-corrected chi connectivity index (χ2v) is 4.68. The first-order valence-corrected chi connectivity index (χ1v) is 6.41. The van der Waals surface area contributed by atoms with Crippen LogP contribution in [-0.4, -0.2) is 23.0 Å². The summed E-state index contributed by atoms with van der Waals surface area (Å²) in [6.07, 6.45) is 2.80. The van der Waals surface area contributed by atoms with Gasteiger partial charge >= 0.3 is 5.97 Å². The molecule has 0 atom stereocenters. The van der Waals surface area contributed by atoms with Gasteiger partial charge in [0.15, 0.2) is 5.69 Å². The Hall–Kier alpha value is -2.50. The summed E-state index contributed by atoms with van der Waals surface area (Å²) in [7, 11) is 1.29. The molecule has 0 spiro atoms. The summed E-state index contributed by atoms with van der Waals surface area (Å²) < 4.78 is 18.1. The highest BCUT2D eigenvalue weighted by Gasteiger charge is 2.08.